The van der Waals surface area contributed by atoms with Crippen molar-refractivity contribution in [2.24, 2.45) is 4.99 Å². The van der Waals surface area contributed by atoms with Crippen molar-refractivity contribution < 1.29 is 13.9 Å². The average Bonchev–Trinajstić information content (AvgIpc) is 3.09. The van der Waals surface area contributed by atoms with Crippen LogP contribution < -0.4 is 5.63 Å². The predicted molar refractivity (Wildman–Crippen MR) is 91.1 cm³/mol. The summed E-state index contributed by atoms with van der Waals surface area (Å²) >= 11 is 0. The Morgan fingerprint density at radius 3 is 2.64 bits per heavy atom. The minimum atomic E-state index is -0.559. The molecule has 0 bridgehead atoms. The van der Waals surface area contributed by atoms with Crippen molar-refractivity contribution in [3.05, 3.63) is 70.6 Å². The Morgan fingerprint density at radius 2 is 1.80 bits per heavy atom. The van der Waals surface area contributed by atoms with E-state index in [0.29, 0.717) is 5.58 Å². The van der Waals surface area contributed by atoms with Gasteiger partial charge in [0.2, 0.25) is 0 Å². The van der Waals surface area contributed by atoms with Crippen LogP contribution in [-0.4, -0.2) is 21.5 Å². The Morgan fingerprint density at radius 1 is 1.00 bits per heavy atom. The summed E-state index contributed by atoms with van der Waals surface area (Å²) in [6.07, 6.45) is 1.51. The van der Waals surface area contributed by atoms with Crippen molar-refractivity contribution in [2.45, 2.75) is 0 Å². The highest BCUT2D eigenvalue weighted by atomic mass is 16.4. The van der Waals surface area contributed by atoms with Crippen molar-refractivity contribution in [3.8, 4) is 17.2 Å². The first-order valence-corrected chi connectivity index (χ1v) is 7.39. The van der Waals surface area contributed by atoms with Gasteiger partial charge in [0.15, 0.2) is 0 Å². The quantitative estimate of drug-likeness (QED) is 0.456. The van der Waals surface area contributed by atoms with Gasteiger partial charge in [-0.2, -0.15) is 0 Å². The van der Waals surface area contributed by atoms with Gasteiger partial charge in [0.25, 0.3) is 5.89 Å². The SMILES string of the molecule is O=c1oc2ccccc2cc1-c1nnc(N=Cc2ccc(O)cc2)o1. The molecule has 2 aromatic carbocycles. The smallest absolute Gasteiger partial charge is 0.349 e. The zero-order valence-electron chi connectivity index (χ0n) is 12.8. The topological polar surface area (TPSA) is 102 Å². The third-order valence-corrected chi connectivity index (χ3v) is 3.50. The molecule has 0 aliphatic heterocycles. The van der Waals surface area contributed by atoms with E-state index >= 15 is 0 Å². The molecule has 0 radical (unpaired) electrons. The molecule has 0 fully saturated rings. The molecular weight excluding hydrogens is 322 g/mol. The lowest BCUT2D eigenvalue weighted by Crippen LogP contribution is -2.02. The van der Waals surface area contributed by atoms with Crippen LogP contribution in [0.25, 0.3) is 22.4 Å². The highest BCUT2D eigenvalue weighted by Crippen LogP contribution is 2.22. The van der Waals surface area contributed by atoms with Crippen LogP contribution in [0.15, 0.2) is 73.2 Å². The van der Waals surface area contributed by atoms with Gasteiger partial charge >= 0.3 is 11.6 Å². The second-order valence-electron chi connectivity index (χ2n) is 5.22. The summed E-state index contributed by atoms with van der Waals surface area (Å²) < 4.78 is 10.7. The molecule has 2 heterocycles. The molecule has 0 saturated carbocycles. The van der Waals surface area contributed by atoms with Crippen LogP contribution in [0.4, 0.5) is 6.01 Å². The molecule has 2 aromatic heterocycles. The fourth-order valence-corrected chi connectivity index (χ4v) is 2.28. The van der Waals surface area contributed by atoms with Gasteiger partial charge in [-0.05, 0) is 42.0 Å². The average molecular weight is 333 g/mol. The van der Waals surface area contributed by atoms with Gasteiger partial charge in [-0.15, -0.1) is 5.10 Å². The first-order valence-electron chi connectivity index (χ1n) is 7.39. The molecule has 4 rings (SSSR count). The number of para-hydroxylation sites is 1. The number of nitrogens with zero attached hydrogens (tertiary/aromatic N) is 3. The molecule has 1 N–H and O–H groups in total. The van der Waals surface area contributed by atoms with Gasteiger partial charge < -0.3 is 13.9 Å². The third kappa shape index (κ3) is 3.02. The number of hydrogen-bond donors (Lipinski definition) is 1. The second kappa shape index (κ2) is 6.04. The number of hydrogen-bond acceptors (Lipinski definition) is 7. The first-order chi connectivity index (χ1) is 12.2. The lowest BCUT2D eigenvalue weighted by Gasteiger charge is -1.97. The maximum absolute atomic E-state index is 12.1. The Balaban J connectivity index is 1.66. The third-order valence-electron chi connectivity index (χ3n) is 3.50. The van der Waals surface area contributed by atoms with E-state index < -0.39 is 5.63 Å². The summed E-state index contributed by atoms with van der Waals surface area (Å²) in [5, 5.41) is 17.7. The Hall–Kier alpha value is -3.74. The van der Waals surface area contributed by atoms with Crippen LogP contribution in [0.3, 0.4) is 0 Å². The van der Waals surface area contributed by atoms with Gasteiger partial charge in [0, 0.05) is 11.6 Å². The van der Waals surface area contributed by atoms with Crippen molar-refractivity contribution in [3.63, 3.8) is 0 Å². The van der Waals surface area contributed by atoms with Crippen molar-refractivity contribution in [2.75, 3.05) is 0 Å². The zero-order valence-corrected chi connectivity index (χ0v) is 12.8. The zero-order chi connectivity index (χ0) is 17.2. The number of aliphatic imine (C=N–C) groups is 1. The normalized spacial score (nSPS) is 11.4. The van der Waals surface area contributed by atoms with E-state index in [-0.39, 0.29) is 23.2 Å². The molecule has 0 unspecified atom stereocenters. The van der Waals surface area contributed by atoms with Gasteiger partial charge in [-0.3, -0.25) is 0 Å². The number of aromatic nitrogens is 2. The molecule has 122 valence electrons. The van der Waals surface area contributed by atoms with E-state index in [1.54, 1.807) is 42.5 Å². The van der Waals surface area contributed by atoms with E-state index in [4.69, 9.17) is 8.83 Å². The number of phenols is 1. The van der Waals surface area contributed by atoms with Gasteiger partial charge in [0.05, 0.1) is 0 Å². The Bertz CT molecular complexity index is 1130. The molecule has 25 heavy (non-hydrogen) atoms. The van der Waals surface area contributed by atoms with Crippen molar-refractivity contribution >= 4 is 23.2 Å². The van der Waals surface area contributed by atoms with Crippen LogP contribution in [-0.2, 0) is 0 Å². The number of aromatic hydroxyl groups is 1. The number of benzene rings is 2. The summed E-state index contributed by atoms with van der Waals surface area (Å²) in [6, 6.07) is 15.3. The Labute approximate surface area is 140 Å². The molecule has 0 spiro atoms. The van der Waals surface area contributed by atoms with E-state index in [1.807, 2.05) is 12.1 Å². The molecule has 0 amide bonds. The van der Waals surface area contributed by atoms with Crippen molar-refractivity contribution in [1.82, 2.24) is 10.2 Å². The number of phenolic OH excluding ortho intramolecular Hbond substituents is 1. The van der Waals surface area contributed by atoms with Gasteiger partial charge in [-0.25, -0.2) is 9.79 Å². The van der Waals surface area contributed by atoms with Crippen molar-refractivity contribution in [1.29, 1.82) is 0 Å². The van der Waals surface area contributed by atoms with Crippen LogP contribution in [0.5, 0.6) is 5.75 Å². The van der Waals surface area contributed by atoms with Crippen LogP contribution in [0, 0.1) is 0 Å². The van der Waals surface area contributed by atoms with E-state index in [1.165, 1.54) is 6.21 Å². The minimum Gasteiger partial charge on any atom is -0.508 e. The van der Waals surface area contributed by atoms with Crippen LogP contribution in [0.1, 0.15) is 5.56 Å². The lowest BCUT2D eigenvalue weighted by molar-refractivity contribution is 0.475. The minimum absolute atomic E-state index is 0.00985. The monoisotopic (exact) mass is 333 g/mol. The van der Waals surface area contributed by atoms with Gasteiger partial charge in [0.1, 0.15) is 16.9 Å². The van der Waals surface area contributed by atoms with Gasteiger partial charge in [-0.1, -0.05) is 23.3 Å². The molecule has 4 aromatic rings. The summed E-state index contributed by atoms with van der Waals surface area (Å²) in [7, 11) is 0. The molecule has 0 atom stereocenters. The number of rotatable bonds is 3. The van der Waals surface area contributed by atoms with E-state index in [0.717, 1.165) is 10.9 Å². The maximum Gasteiger partial charge on any atom is 0.349 e. The molecular formula is C18H11N3O4. The largest absolute Gasteiger partial charge is 0.508 e. The molecule has 0 aliphatic carbocycles. The number of fused-ring (bicyclic) bond motifs is 1. The summed E-state index contributed by atoms with van der Waals surface area (Å²) in [4.78, 5) is 16.2. The lowest BCUT2D eigenvalue weighted by atomic mass is 10.2. The van der Waals surface area contributed by atoms with Crippen LogP contribution in [0.2, 0.25) is 0 Å². The van der Waals surface area contributed by atoms with E-state index in [9.17, 15) is 9.90 Å². The van der Waals surface area contributed by atoms with Crippen LogP contribution >= 0.6 is 0 Å². The maximum atomic E-state index is 12.1. The molecule has 7 heteroatoms. The fraction of sp³-hybridized carbons (Fsp3) is 0. The standard InChI is InChI=1S/C18H11N3O4/c22-13-7-5-11(6-8-13)10-19-18-21-20-16(25-18)14-9-12-3-1-2-4-15(12)24-17(14)23/h1-10,22H. The summed E-state index contributed by atoms with van der Waals surface area (Å²) in [5.41, 5.74) is 0.859. The predicted octanol–water partition coefficient (Wildman–Crippen LogP) is 3.30. The molecule has 0 saturated heterocycles. The Kier molecular flexibility index (Phi) is 3.59. The second-order valence-corrected chi connectivity index (χ2v) is 5.22. The summed E-state index contributed by atoms with van der Waals surface area (Å²) in [6.45, 7) is 0. The molecule has 7 nitrogen and oxygen atoms in total. The highest BCUT2D eigenvalue weighted by molar-refractivity contribution is 5.81. The van der Waals surface area contributed by atoms with E-state index in [2.05, 4.69) is 15.2 Å². The summed E-state index contributed by atoms with van der Waals surface area (Å²) in [5.74, 6) is 0.206. The highest BCUT2D eigenvalue weighted by Gasteiger charge is 2.14. The molecule has 0 aliphatic rings. The first kappa shape index (κ1) is 14.8. The fourth-order valence-electron chi connectivity index (χ4n) is 2.28.